The van der Waals surface area contributed by atoms with E-state index < -0.39 is 11.6 Å². The molecule has 0 unspecified atom stereocenters. The zero-order valence-electron chi connectivity index (χ0n) is 14.2. The first kappa shape index (κ1) is 18.1. The molecule has 0 aliphatic carbocycles. The standard InChI is InChI=1S/C19H20F3N3O/c20-15-5-6-18(17(22)13-15)24-9-11-25(12-10-24)19(26)23-8-7-14-3-1-2-4-16(14)21/h1-6,13H,7-12H2,(H,23,26). The molecule has 3 rings (SSSR count). The van der Waals surface area contributed by atoms with Gasteiger partial charge < -0.3 is 15.1 Å². The minimum atomic E-state index is -0.612. The fourth-order valence-corrected chi connectivity index (χ4v) is 3.01. The number of urea groups is 1. The van der Waals surface area contributed by atoms with Crippen LogP contribution in [0.3, 0.4) is 0 Å². The van der Waals surface area contributed by atoms with Gasteiger partial charge in [-0.25, -0.2) is 18.0 Å². The Morgan fingerprint density at radius 2 is 1.69 bits per heavy atom. The maximum atomic E-state index is 13.8. The first-order valence-corrected chi connectivity index (χ1v) is 8.51. The summed E-state index contributed by atoms with van der Waals surface area (Å²) in [4.78, 5) is 15.6. The molecule has 7 heteroatoms. The number of hydrogen-bond acceptors (Lipinski definition) is 2. The van der Waals surface area contributed by atoms with E-state index in [1.54, 1.807) is 28.0 Å². The Labute approximate surface area is 150 Å². The lowest BCUT2D eigenvalue weighted by Gasteiger charge is -2.36. The van der Waals surface area contributed by atoms with Gasteiger partial charge in [0.1, 0.15) is 17.5 Å². The van der Waals surface area contributed by atoms with Crippen LogP contribution >= 0.6 is 0 Å². The van der Waals surface area contributed by atoms with E-state index in [1.165, 1.54) is 18.2 Å². The normalized spacial score (nSPS) is 14.4. The van der Waals surface area contributed by atoms with Gasteiger partial charge in [-0.1, -0.05) is 18.2 Å². The highest BCUT2D eigenvalue weighted by Crippen LogP contribution is 2.21. The number of carbonyl (C=O) groups excluding carboxylic acids is 1. The minimum absolute atomic E-state index is 0.222. The molecule has 1 heterocycles. The minimum Gasteiger partial charge on any atom is -0.366 e. The Bertz CT molecular complexity index is 776. The third-order valence-corrected chi connectivity index (χ3v) is 4.45. The Hall–Kier alpha value is -2.70. The smallest absolute Gasteiger partial charge is 0.317 e. The SMILES string of the molecule is O=C(NCCc1ccccc1F)N1CCN(c2ccc(F)cc2F)CC1. The second-order valence-electron chi connectivity index (χ2n) is 6.14. The van der Waals surface area contributed by atoms with Gasteiger partial charge in [-0.15, -0.1) is 0 Å². The number of nitrogens with zero attached hydrogens (tertiary/aromatic N) is 2. The molecular weight excluding hydrogens is 343 g/mol. The van der Waals surface area contributed by atoms with Crippen LogP contribution in [0.5, 0.6) is 0 Å². The van der Waals surface area contributed by atoms with Gasteiger partial charge in [0.2, 0.25) is 0 Å². The predicted molar refractivity (Wildman–Crippen MR) is 93.6 cm³/mol. The van der Waals surface area contributed by atoms with Crippen molar-refractivity contribution in [2.75, 3.05) is 37.6 Å². The molecule has 0 saturated carbocycles. The average molecular weight is 363 g/mol. The summed E-state index contributed by atoms with van der Waals surface area (Å²) in [6.07, 6.45) is 0.416. The largest absolute Gasteiger partial charge is 0.366 e. The second kappa shape index (κ2) is 8.12. The van der Waals surface area contributed by atoms with Crippen LogP contribution in [0.2, 0.25) is 0 Å². The van der Waals surface area contributed by atoms with Crippen LogP contribution in [0.4, 0.5) is 23.7 Å². The molecule has 0 spiro atoms. The molecule has 2 amide bonds. The van der Waals surface area contributed by atoms with Crippen LogP contribution in [0, 0.1) is 17.5 Å². The summed E-state index contributed by atoms with van der Waals surface area (Å²) < 4.78 is 40.4. The number of rotatable bonds is 4. The maximum absolute atomic E-state index is 13.8. The number of amides is 2. The van der Waals surface area contributed by atoms with Crippen molar-refractivity contribution in [2.24, 2.45) is 0 Å². The summed E-state index contributed by atoms with van der Waals surface area (Å²) in [6, 6.07) is 9.74. The van der Waals surface area contributed by atoms with Crippen molar-refractivity contribution in [1.82, 2.24) is 10.2 Å². The summed E-state index contributed by atoms with van der Waals surface area (Å²) >= 11 is 0. The highest BCUT2D eigenvalue weighted by molar-refractivity contribution is 5.74. The topological polar surface area (TPSA) is 35.6 Å². The number of carbonyl (C=O) groups is 1. The van der Waals surface area contributed by atoms with Crippen molar-refractivity contribution in [3.05, 3.63) is 65.5 Å². The molecule has 0 radical (unpaired) electrons. The molecule has 1 saturated heterocycles. The van der Waals surface area contributed by atoms with Crippen LogP contribution in [0.25, 0.3) is 0 Å². The van der Waals surface area contributed by atoms with Gasteiger partial charge in [0.15, 0.2) is 0 Å². The quantitative estimate of drug-likeness (QED) is 0.906. The first-order valence-electron chi connectivity index (χ1n) is 8.51. The van der Waals surface area contributed by atoms with Gasteiger partial charge in [0, 0.05) is 38.8 Å². The molecule has 1 aliphatic heterocycles. The van der Waals surface area contributed by atoms with Gasteiger partial charge in [0.05, 0.1) is 5.69 Å². The van der Waals surface area contributed by atoms with Crippen LogP contribution in [-0.2, 0) is 6.42 Å². The predicted octanol–water partition coefficient (Wildman–Crippen LogP) is 3.18. The van der Waals surface area contributed by atoms with Gasteiger partial charge >= 0.3 is 6.03 Å². The number of benzene rings is 2. The Morgan fingerprint density at radius 3 is 2.38 bits per heavy atom. The molecule has 0 aromatic heterocycles. The maximum Gasteiger partial charge on any atom is 0.317 e. The third-order valence-electron chi connectivity index (χ3n) is 4.45. The molecule has 2 aromatic rings. The van der Waals surface area contributed by atoms with Gasteiger partial charge in [-0.3, -0.25) is 0 Å². The lowest BCUT2D eigenvalue weighted by atomic mass is 10.1. The molecule has 0 atom stereocenters. The van der Waals surface area contributed by atoms with Crippen molar-refractivity contribution in [3.8, 4) is 0 Å². The van der Waals surface area contributed by atoms with E-state index in [0.717, 1.165) is 6.07 Å². The zero-order valence-corrected chi connectivity index (χ0v) is 14.2. The monoisotopic (exact) mass is 363 g/mol. The number of piperazine rings is 1. The van der Waals surface area contributed by atoms with Crippen LogP contribution in [-0.4, -0.2) is 43.7 Å². The number of hydrogen-bond donors (Lipinski definition) is 1. The second-order valence-corrected chi connectivity index (χ2v) is 6.14. The van der Waals surface area contributed by atoms with Gasteiger partial charge in [-0.2, -0.15) is 0 Å². The fourth-order valence-electron chi connectivity index (χ4n) is 3.01. The van der Waals surface area contributed by atoms with E-state index >= 15 is 0 Å². The van der Waals surface area contributed by atoms with Crippen molar-refractivity contribution in [3.63, 3.8) is 0 Å². The Morgan fingerprint density at radius 1 is 0.962 bits per heavy atom. The van der Waals surface area contributed by atoms with Crippen molar-refractivity contribution < 1.29 is 18.0 Å². The fraction of sp³-hybridized carbons (Fsp3) is 0.316. The summed E-state index contributed by atoms with van der Waals surface area (Å²) in [5.41, 5.74) is 0.899. The first-order chi connectivity index (χ1) is 12.5. The van der Waals surface area contributed by atoms with Crippen molar-refractivity contribution in [1.29, 1.82) is 0 Å². The van der Waals surface area contributed by atoms with E-state index in [9.17, 15) is 18.0 Å². The lowest BCUT2D eigenvalue weighted by molar-refractivity contribution is 0.194. The van der Waals surface area contributed by atoms with Crippen LogP contribution in [0.1, 0.15) is 5.56 Å². The molecule has 138 valence electrons. The Balaban J connectivity index is 1.47. The zero-order chi connectivity index (χ0) is 18.5. The summed E-state index contributed by atoms with van der Waals surface area (Å²) in [5.74, 6) is -1.50. The molecule has 26 heavy (non-hydrogen) atoms. The molecular formula is C19H20F3N3O. The van der Waals surface area contributed by atoms with E-state index in [2.05, 4.69) is 5.32 Å². The van der Waals surface area contributed by atoms with Crippen molar-refractivity contribution >= 4 is 11.7 Å². The summed E-state index contributed by atoms with van der Waals surface area (Å²) in [6.45, 7) is 2.13. The summed E-state index contributed by atoms with van der Waals surface area (Å²) in [5, 5.41) is 2.78. The number of halogens is 3. The molecule has 2 aromatic carbocycles. The van der Waals surface area contributed by atoms with Crippen molar-refractivity contribution in [2.45, 2.75) is 6.42 Å². The summed E-state index contributed by atoms with van der Waals surface area (Å²) in [7, 11) is 0. The lowest BCUT2D eigenvalue weighted by Crippen LogP contribution is -2.52. The third kappa shape index (κ3) is 4.28. The number of anilines is 1. The van der Waals surface area contributed by atoms with E-state index in [-0.39, 0.29) is 11.8 Å². The van der Waals surface area contributed by atoms with Crippen LogP contribution in [0.15, 0.2) is 42.5 Å². The highest BCUT2D eigenvalue weighted by atomic mass is 19.1. The van der Waals surface area contributed by atoms with E-state index in [1.807, 2.05) is 0 Å². The molecule has 1 N–H and O–H groups in total. The van der Waals surface area contributed by atoms with Crippen LogP contribution < -0.4 is 10.2 Å². The molecule has 1 fully saturated rings. The molecule has 0 bridgehead atoms. The van der Waals surface area contributed by atoms with Gasteiger partial charge in [0.25, 0.3) is 0 Å². The number of nitrogens with one attached hydrogen (secondary N) is 1. The van der Waals surface area contributed by atoms with E-state index in [4.69, 9.17) is 0 Å². The van der Waals surface area contributed by atoms with Gasteiger partial charge in [-0.05, 0) is 30.2 Å². The molecule has 4 nitrogen and oxygen atoms in total. The average Bonchev–Trinajstić information content (AvgIpc) is 2.63. The highest BCUT2D eigenvalue weighted by Gasteiger charge is 2.22. The Kier molecular flexibility index (Phi) is 5.65. The molecule has 1 aliphatic rings. The van der Waals surface area contributed by atoms with E-state index in [0.29, 0.717) is 50.4 Å².